The second-order valence-corrected chi connectivity index (χ2v) is 8.89. The molecule has 0 saturated heterocycles. The lowest BCUT2D eigenvalue weighted by Crippen LogP contribution is -2.04. The predicted octanol–water partition coefficient (Wildman–Crippen LogP) is 5.45. The van der Waals surface area contributed by atoms with Gasteiger partial charge in [-0.15, -0.1) is 0 Å². The first-order chi connectivity index (χ1) is 17.6. The third-order valence-electron chi connectivity index (χ3n) is 6.55. The van der Waals surface area contributed by atoms with Crippen molar-refractivity contribution in [2.45, 2.75) is 27.0 Å². The molecule has 3 heterocycles. The van der Waals surface area contributed by atoms with Crippen LogP contribution in [-0.4, -0.2) is 19.7 Å². The molecule has 6 rings (SSSR count). The molecule has 1 N–H and O–H groups in total. The highest BCUT2D eigenvalue weighted by Gasteiger charge is 2.23. The van der Waals surface area contributed by atoms with Crippen LogP contribution < -0.4 is 10.5 Å². The van der Waals surface area contributed by atoms with E-state index in [1.165, 1.54) is 0 Å². The van der Waals surface area contributed by atoms with Crippen molar-refractivity contribution in [1.82, 2.24) is 19.7 Å². The zero-order valence-corrected chi connectivity index (χ0v) is 20.0. The van der Waals surface area contributed by atoms with Gasteiger partial charge in [0.05, 0.1) is 5.69 Å². The van der Waals surface area contributed by atoms with Crippen LogP contribution in [0.15, 0.2) is 88.3 Å². The van der Waals surface area contributed by atoms with E-state index in [1.807, 2.05) is 56.3 Å². The molecule has 0 saturated carbocycles. The van der Waals surface area contributed by atoms with Crippen molar-refractivity contribution in [2.75, 3.05) is 0 Å². The van der Waals surface area contributed by atoms with Crippen LogP contribution in [0, 0.1) is 6.92 Å². The lowest BCUT2D eigenvalue weighted by Gasteiger charge is -2.14. The molecule has 0 aliphatic carbocycles. The molecule has 36 heavy (non-hydrogen) atoms. The Morgan fingerprint density at radius 2 is 1.83 bits per heavy atom. The smallest absolute Gasteiger partial charge is 0.439 e. The molecule has 0 bridgehead atoms. The Labute approximate surface area is 207 Å². The van der Waals surface area contributed by atoms with Crippen molar-refractivity contribution in [2.24, 2.45) is 0 Å². The first kappa shape index (κ1) is 21.9. The topological polar surface area (TPSA) is 85.9 Å². The van der Waals surface area contributed by atoms with Crippen LogP contribution in [0.1, 0.15) is 40.8 Å². The fourth-order valence-electron chi connectivity index (χ4n) is 4.74. The molecule has 1 aliphatic heterocycles. The molecule has 0 spiro atoms. The number of fused-ring (bicyclic) bond motifs is 2. The molecule has 7 nitrogen and oxygen atoms in total. The summed E-state index contributed by atoms with van der Waals surface area (Å²) in [5.74, 6) is 1.57. The van der Waals surface area contributed by atoms with E-state index < -0.39 is 5.76 Å². The summed E-state index contributed by atoms with van der Waals surface area (Å²) in [6.07, 6.45) is 2.10. The van der Waals surface area contributed by atoms with Gasteiger partial charge in [-0.3, -0.25) is 9.51 Å². The molecule has 7 heteroatoms. The van der Waals surface area contributed by atoms with E-state index in [2.05, 4.69) is 51.2 Å². The maximum absolute atomic E-state index is 11.6. The van der Waals surface area contributed by atoms with Gasteiger partial charge in [-0.25, -0.2) is 9.78 Å². The van der Waals surface area contributed by atoms with E-state index in [1.54, 1.807) is 0 Å². The Balaban J connectivity index is 1.41. The Morgan fingerprint density at radius 1 is 1.03 bits per heavy atom. The summed E-state index contributed by atoms with van der Waals surface area (Å²) < 4.78 is 13.2. The fraction of sp³-hybridized carbons (Fsp3) is 0.138. The number of hydrogen-bond donors (Lipinski definition) is 1. The van der Waals surface area contributed by atoms with Crippen molar-refractivity contribution in [1.29, 1.82) is 0 Å². The number of benzene rings is 3. The lowest BCUT2D eigenvalue weighted by atomic mass is 9.89. The predicted molar refractivity (Wildman–Crippen MR) is 137 cm³/mol. The van der Waals surface area contributed by atoms with Gasteiger partial charge in [0.25, 0.3) is 0 Å². The number of rotatable bonds is 4. The van der Waals surface area contributed by atoms with Crippen LogP contribution in [-0.2, 0) is 13.2 Å². The summed E-state index contributed by atoms with van der Waals surface area (Å²) in [6.45, 7) is 5.09. The summed E-state index contributed by atoms with van der Waals surface area (Å²) >= 11 is 0. The van der Waals surface area contributed by atoms with E-state index in [-0.39, 0.29) is 0 Å². The number of H-pyrrole nitrogens is 1. The van der Waals surface area contributed by atoms with Gasteiger partial charge in [-0.05, 0) is 48.2 Å². The van der Waals surface area contributed by atoms with Crippen LogP contribution >= 0.6 is 0 Å². The van der Waals surface area contributed by atoms with Crippen LogP contribution in [0.25, 0.3) is 22.4 Å². The van der Waals surface area contributed by atoms with Gasteiger partial charge < -0.3 is 9.30 Å². The number of nitrogens with zero attached hydrogens (tertiary/aromatic N) is 3. The molecule has 5 aromatic rings. The molecule has 0 atom stereocenters. The molecule has 2 aromatic heterocycles. The molecule has 0 amide bonds. The van der Waals surface area contributed by atoms with Gasteiger partial charge in [-0.2, -0.15) is 0 Å². The van der Waals surface area contributed by atoms with Gasteiger partial charge in [0.1, 0.15) is 18.2 Å². The quantitative estimate of drug-likeness (QED) is 0.373. The van der Waals surface area contributed by atoms with E-state index in [9.17, 15) is 4.79 Å². The van der Waals surface area contributed by atoms with Crippen LogP contribution in [0.3, 0.4) is 0 Å². The first-order valence-electron chi connectivity index (χ1n) is 11.8. The summed E-state index contributed by atoms with van der Waals surface area (Å²) in [6, 6.07) is 24.6. The zero-order chi connectivity index (χ0) is 24.6. The number of aryl methyl sites for hydroxylation is 1. The number of aromatic amines is 1. The van der Waals surface area contributed by atoms with Gasteiger partial charge >= 0.3 is 5.76 Å². The second kappa shape index (κ2) is 8.85. The summed E-state index contributed by atoms with van der Waals surface area (Å²) in [5, 5.41) is 3.93. The Hall–Kier alpha value is -4.65. The number of ether oxygens (including phenoxy) is 1. The number of aromatic nitrogens is 4. The standard InChI is InChI=1S/C29H24N4O3/c1-18(28-31-29(34)36-32-28)27-23-13-12-20(14-22(23)17-35-26-11-7-6-10-24(26)27)15-33-16-25(30-19(33)2)21-8-4-3-5-9-21/h3-14,16H,15,17H2,1-2H3,(H,31,32,34). The molecule has 0 unspecified atom stereocenters. The zero-order valence-electron chi connectivity index (χ0n) is 20.0. The normalized spacial score (nSPS) is 13.9. The lowest BCUT2D eigenvalue weighted by molar-refractivity contribution is 0.307. The summed E-state index contributed by atoms with van der Waals surface area (Å²) in [7, 11) is 0. The minimum atomic E-state index is -0.579. The highest BCUT2D eigenvalue weighted by molar-refractivity contribution is 5.99. The molecule has 0 radical (unpaired) electrons. The number of hydrogen-bond acceptors (Lipinski definition) is 5. The third-order valence-corrected chi connectivity index (χ3v) is 6.55. The fourth-order valence-corrected chi connectivity index (χ4v) is 4.74. The highest BCUT2D eigenvalue weighted by atomic mass is 16.5. The monoisotopic (exact) mass is 476 g/mol. The largest absolute Gasteiger partial charge is 0.488 e. The van der Waals surface area contributed by atoms with Gasteiger partial charge in [0, 0.05) is 29.4 Å². The molecule has 1 aliphatic rings. The average Bonchev–Trinajstić information content (AvgIpc) is 3.45. The molecule has 178 valence electrons. The third kappa shape index (κ3) is 3.94. The second-order valence-electron chi connectivity index (χ2n) is 8.89. The van der Waals surface area contributed by atoms with Crippen molar-refractivity contribution in [3.8, 4) is 17.0 Å². The van der Waals surface area contributed by atoms with E-state index in [0.717, 1.165) is 56.2 Å². The number of allylic oxidation sites excluding steroid dienone is 1. The first-order valence-corrected chi connectivity index (χ1v) is 11.8. The van der Waals surface area contributed by atoms with E-state index >= 15 is 0 Å². The minimum Gasteiger partial charge on any atom is -0.488 e. The van der Waals surface area contributed by atoms with Crippen molar-refractivity contribution < 1.29 is 9.26 Å². The van der Waals surface area contributed by atoms with Gasteiger partial charge in [-0.1, -0.05) is 65.8 Å². The van der Waals surface area contributed by atoms with Crippen LogP contribution in [0.5, 0.6) is 5.75 Å². The minimum absolute atomic E-state index is 0.407. The van der Waals surface area contributed by atoms with Crippen molar-refractivity contribution in [3.05, 3.63) is 123 Å². The van der Waals surface area contributed by atoms with Gasteiger partial charge in [0.2, 0.25) is 0 Å². The highest BCUT2D eigenvalue weighted by Crippen LogP contribution is 2.40. The maximum Gasteiger partial charge on any atom is 0.439 e. The Morgan fingerprint density at radius 3 is 2.64 bits per heavy atom. The van der Waals surface area contributed by atoms with Crippen LogP contribution in [0.2, 0.25) is 0 Å². The number of nitrogens with one attached hydrogen (secondary N) is 1. The van der Waals surface area contributed by atoms with E-state index in [4.69, 9.17) is 14.2 Å². The Bertz CT molecular complexity index is 1660. The average molecular weight is 477 g/mol. The van der Waals surface area contributed by atoms with Crippen molar-refractivity contribution >= 4 is 11.1 Å². The van der Waals surface area contributed by atoms with Gasteiger partial charge in [0.15, 0.2) is 5.82 Å². The SMILES string of the molecule is CC(=C1c2ccc(Cn3cc(-c4ccccc4)nc3C)cc2COc2ccccc21)c1noc(=O)[nH]1. The van der Waals surface area contributed by atoms with Crippen LogP contribution in [0.4, 0.5) is 0 Å². The molecular formula is C29H24N4O3. The molecule has 0 fully saturated rings. The van der Waals surface area contributed by atoms with Crippen molar-refractivity contribution in [3.63, 3.8) is 0 Å². The molecule has 3 aromatic carbocycles. The van der Waals surface area contributed by atoms with E-state index in [0.29, 0.717) is 19.0 Å². The molecular weight excluding hydrogens is 452 g/mol. The summed E-state index contributed by atoms with van der Waals surface area (Å²) in [4.78, 5) is 19.1. The Kier molecular flexibility index (Phi) is 5.37. The number of para-hydroxylation sites is 1. The maximum atomic E-state index is 11.6. The number of imidazole rings is 1. The summed E-state index contributed by atoms with van der Waals surface area (Å²) in [5.41, 5.74) is 8.03.